The molecular formula is C18H17BrN4O2S2. The van der Waals surface area contributed by atoms with E-state index < -0.39 is 15.9 Å². The first-order valence-corrected chi connectivity index (χ1v) is 11.8. The number of aryl methyl sites for hydroxylation is 2. The van der Waals surface area contributed by atoms with E-state index in [1.54, 1.807) is 18.3 Å². The van der Waals surface area contributed by atoms with Crippen LogP contribution in [0.1, 0.15) is 35.1 Å². The maximum Gasteiger partial charge on any atom is 0.332 e. The number of anilines is 1. The fourth-order valence-corrected chi connectivity index (χ4v) is 7.16. The molecule has 6 nitrogen and oxygen atoms in total. The van der Waals surface area contributed by atoms with Crippen molar-refractivity contribution < 1.29 is 9.00 Å². The van der Waals surface area contributed by atoms with Crippen molar-refractivity contribution in [2.24, 2.45) is 4.36 Å². The molecule has 2 aliphatic rings. The van der Waals surface area contributed by atoms with Gasteiger partial charge in [-0.3, -0.25) is 0 Å². The van der Waals surface area contributed by atoms with Crippen LogP contribution in [0.25, 0.3) is 0 Å². The van der Waals surface area contributed by atoms with E-state index in [4.69, 9.17) is 5.26 Å². The summed E-state index contributed by atoms with van der Waals surface area (Å²) >= 11 is 4.48. The number of amides is 2. The second-order valence-corrected chi connectivity index (χ2v) is 11.2. The van der Waals surface area contributed by atoms with Gasteiger partial charge in [0, 0.05) is 5.69 Å². The molecule has 2 aromatic rings. The average Bonchev–Trinajstić information content (AvgIpc) is 3.34. The molecule has 0 bridgehead atoms. The third-order valence-electron chi connectivity index (χ3n) is 4.93. The van der Waals surface area contributed by atoms with E-state index >= 15 is 0 Å². The number of nitrogens with zero attached hydrogens (tertiary/aromatic N) is 2. The van der Waals surface area contributed by atoms with E-state index in [-0.39, 0.29) is 0 Å². The van der Waals surface area contributed by atoms with Crippen LogP contribution in [-0.2, 0) is 35.6 Å². The van der Waals surface area contributed by atoms with Crippen molar-refractivity contribution in [3.05, 3.63) is 44.2 Å². The second kappa shape index (κ2) is 7.26. The summed E-state index contributed by atoms with van der Waals surface area (Å²) in [6.07, 6.45) is 7.67. The molecule has 27 heavy (non-hydrogen) atoms. The van der Waals surface area contributed by atoms with Gasteiger partial charge >= 0.3 is 6.03 Å². The van der Waals surface area contributed by atoms with Crippen LogP contribution in [0.4, 0.5) is 10.5 Å². The van der Waals surface area contributed by atoms with E-state index in [2.05, 4.69) is 36.4 Å². The van der Waals surface area contributed by atoms with Crippen LogP contribution in [0.3, 0.4) is 0 Å². The number of fused-ring (bicyclic) bond motifs is 2. The smallest absolute Gasteiger partial charge is 0.307 e. The first-order chi connectivity index (χ1) is 13.0. The molecule has 1 aromatic carbocycles. The molecule has 2 amide bonds. The lowest BCUT2D eigenvalue weighted by Gasteiger charge is -2.17. The first-order valence-electron chi connectivity index (χ1n) is 8.66. The zero-order valence-corrected chi connectivity index (χ0v) is 17.6. The topological polar surface area (TPSA) is 94.3 Å². The van der Waals surface area contributed by atoms with Crippen LogP contribution < -0.4 is 10.0 Å². The summed E-state index contributed by atoms with van der Waals surface area (Å²) in [5.41, 5.74) is 5.84. The molecule has 1 unspecified atom stereocenters. The molecule has 140 valence electrons. The SMILES string of the molecule is N#CN=S(=O)(NC(=O)Nc1c2c(cc3c1CCC3)CCC2)c1ccc(Br)s1. The van der Waals surface area contributed by atoms with E-state index in [1.807, 2.05) is 0 Å². The van der Waals surface area contributed by atoms with Gasteiger partial charge in [-0.2, -0.15) is 5.26 Å². The zero-order chi connectivity index (χ0) is 19.0. The lowest BCUT2D eigenvalue weighted by Crippen LogP contribution is -2.34. The summed E-state index contributed by atoms with van der Waals surface area (Å²) in [4.78, 5) is 12.7. The van der Waals surface area contributed by atoms with Gasteiger partial charge in [0.2, 0.25) is 6.19 Å². The molecule has 2 N–H and O–H groups in total. The van der Waals surface area contributed by atoms with E-state index in [9.17, 15) is 9.00 Å². The van der Waals surface area contributed by atoms with Crippen molar-refractivity contribution in [2.45, 2.75) is 42.7 Å². The second-order valence-electron chi connectivity index (χ2n) is 6.57. The minimum atomic E-state index is -3.35. The zero-order valence-electron chi connectivity index (χ0n) is 14.4. The number of carbonyl (C=O) groups is 1. The third kappa shape index (κ3) is 3.49. The van der Waals surface area contributed by atoms with Gasteiger partial charge < -0.3 is 5.32 Å². The number of nitrogens with one attached hydrogen (secondary N) is 2. The highest BCUT2D eigenvalue weighted by molar-refractivity contribution is 9.11. The van der Waals surface area contributed by atoms with Crippen molar-refractivity contribution in [2.75, 3.05) is 5.32 Å². The molecule has 0 saturated carbocycles. The Hall–Kier alpha value is -1.89. The summed E-state index contributed by atoms with van der Waals surface area (Å²) < 4.78 is 20.1. The minimum Gasteiger partial charge on any atom is -0.307 e. The van der Waals surface area contributed by atoms with Gasteiger partial charge in [0.05, 0.1) is 3.79 Å². The summed E-state index contributed by atoms with van der Waals surface area (Å²) in [7, 11) is -3.35. The Morgan fingerprint density at radius 2 is 1.85 bits per heavy atom. The Kier molecular flexibility index (Phi) is 4.97. The highest BCUT2D eigenvalue weighted by Gasteiger charge is 2.26. The lowest BCUT2D eigenvalue weighted by molar-refractivity contribution is 0.257. The Labute approximate surface area is 170 Å². The van der Waals surface area contributed by atoms with Crippen LogP contribution in [0.15, 0.2) is 30.6 Å². The van der Waals surface area contributed by atoms with Crippen LogP contribution in [0.2, 0.25) is 0 Å². The summed E-state index contributed by atoms with van der Waals surface area (Å²) in [5.74, 6) is 0. The highest BCUT2D eigenvalue weighted by Crippen LogP contribution is 2.38. The number of halogens is 1. The van der Waals surface area contributed by atoms with Gasteiger partial charge in [-0.05, 0) is 88.8 Å². The number of hydrogen-bond donors (Lipinski definition) is 2. The molecule has 0 radical (unpaired) electrons. The Morgan fingerprint density at radius 1 is 1.19 bits per heavy atom. The largest absolute Gasteiger partial charge is 0.332 e. The lowest BCUT2D eigenvalue weighted by atomic mass is 9.99. The standard InChI is InChI=1S/C18H17BrN4O2S2/c19-15-7-8-16(26-15)27(25,21-10-20)23-18(24)22-17-13-5-1-3-11(13)9-12-4-2-6-14(12)17/h7-9H,1-6H2,(H2,21,22,23,24,25). The van der Waals surface area contributed by atoms with Crippen molar-refractivity contribution in [3.63, 3.8) is 0 Å². The number of thiophene rings is 1. The number of benzene rings is 1. The van der Waals surface area contributed by atoms with Crippen LogP contribution in [0, 0.1) is 11.5 Å². The van der Waals surface area contributed by atoms with E-state index in [0.717, 1.165) is 48.0 Å². The molecule has 9 heteroatoms. The van der Waals surface area contributed by atoms with Gasteiger partial charge in [-0.15, -0.1) is 11.3 Å². The van der Waals surface area contributed by atoms with Crippen LogP contribution in [0.5, 0.6) is 0 Å². The molecule has 1 atom stereocenters. The molecule has 0 fully saturated rings. The molecule has 0 spiro atoms. The maximum atomic E-state index is 13.1. The van der Waals surface area contributed by atoms with Gasteiger partial charge in [0.1, 0.15) is 4.21 Å². The highest BCUT2D eigenvalue weighted by atomic mass is 79.9. The molecule has 0 saturated heterocycles. The number of rotatable bonds is 3. The van der Waals surface area contributed by atoms with Crippen molar-refractivity contribution in [3.8, 4) is 6.19 Å². The molecule has 0 aliphatic heterocycles. The molecule has 1 aromatic heterocycles. The number of nitriles is 1. The fourth-order valence-electron chi connectivity index (χ4n) is 3.85. The van der Waals surface area contributed by atoms with Crippen LogP contribution in [-0.4, -0.2) is 10.2 Å². The quantitative estimate of drug-likeness (QED) is 0.652. The fraction of sp³-hybridized carbons (Fsp3) is 0.333. The predicted molar refractivity (Wildman–Crippen MR) is 109 cm³/mol. The van der Waals surface area contributed by atoms with Crippen molar-refractivity contribution >= 4 is 48.9 Å². The maximum absolute atomic E-state index is 13.1. The summed E-state index contributed by atoms with van der Waals surface area (Å²) in [6.45, 7) is 0. The number of hydrogen-bond acceptors (Lipinski definition) is 5. The van der Waals surface area contributed by atoms with Gasteiger partial charge in [0.25, 0.3) is 0 Å². The van der Waals surface area contributed by atoms with Gasteiger partial charge in [0.15, 0.2) is 9.92 Å². The van der Waals surface area contributed by atoms with Gasteiger partial charge in [-0.25, -0.2) is 13.7 Å². The predicted octanol–water partition coefficient (Wildman–Crippen LogP) is 4.53. The summed E-state index contributed by atoms with van der Waals surface area (Å²) in [5, 5.41) is 11.9. The van der Waals surface area contributed by atoms with Crippen molar-refractivity contribution in [1.29, 1.82) is 5.26 Å². The number of carbonyl (C=O) groups excluding carboxylic acids is 1. The number of urea groups is 1. The minimum absolute atomic E-state index is 0.328. The Morgan fingerprint density at radius 3 is 2.41 bits per heavy atom. The molecule has 2 aliphatic carbocycles. The normalized spacial score (nSPS) is 16.7. The van der Waals surface area contributed by atoms with Gasteiger partial charge in [-0.1, -0.05) is 10.4 Å². The van der Waals surface area contributed by atoms with Crippen LogP contribution >= 0.6 is 27.3 Å². The third-order valence-corrected chi connectivity index (χ3v) is 8.76. The van der Waals surface area contributed by atoms with E-state index in [1.165, 1.54) is 33.6 Å². The Balaban J connectivity index is 1.65. The first kappa shape index (κ1) is 18.5. The molecule has 4 rings (SSSR count). The van der Waals surface area contributed by atoms with E-state index in [0.29, 0.717) is 4.21 Å². The summed E-state index contributed by atoms with van der Waals surface area (Å²) in [6, 6.07) is 4.99. The average molecular weight is 465 g/mol. The molecular weight excluding hydrogens is 448 g/mol. The molecule has 1 heterocycles. The van der Waals surface area contributed by atoms with Crippen molar-refractivity contribution in [1.82, 2.24) is 4.72 Å². The monoisotopic (exact) mass is 464 g/mol. The Bertz CT molecular complexity index is 1060.